The van der Waals surface area contributed by atoms with Crippen LogP contribution in [0.2, 0.25) is 0 Å². The second-order valence-electron chi connectivity index (χ2n) is 5.19. The van der Waals surface area contributed by atoms with Crippen molar-refractivity contribution < 1.29 is 13.3 Å². The molecule has 132 valence electrons. The van der Waals surface area contributed by atoms with Gasteiger partial charge < -0.3 is 0 Å². The third-order valence-electron chi connectivity index (χ3n) is 3.65. The van der Waals surface area contributed by atoms with E-state index in [0.717, 1.165) is 0 Å². The molecule has 0 aliphatic heterocycles. The molecule has 0 unspecified atom stereocenters. The zero-order chi connectivity index (χ0) is 18.4. The van der Waals surface area contributed by atoms with Crippen LogP contribution < -0.4 is 0 Å². The Labute approximate surface area is 146 Å². The minimum atomic E-state index is -3.48. The number of nitrogens with zero attached hydrogens (tertiary/aromatic N) is 3. The van der Waals surface area contributed by atoms with Gasteiger partial charge in [-0.3, -0.25) is 15.1 Å². The molecule has 0 aromatic heterocycles. The normalized spacial score (nSPS) is 12.0. The van der Waals surface area contributed by atoms with Gasteiger partial charge >= 0.3 is 0 Å². The first-order chi connectivity index (χ1) is 11.9. The van der Waals surface area contributed by atoms with E-state index in [-0.39, 0.29) is 10.6 Å². The van der Waals surface area contributed by atoms with Crippen LogP contribution in [0.4, 0.5) is 11.4 Å². The van der Waals surface area contributed by atoms with Gasteiger partial charge in [-0.15, -0.1) is 0 Å². The molecule has 0 radical (unpaired) electrons. The Morgan fingerprint density at radius 2 is 1.60 bits per heavy atom. The molecule has 0 aliphatic rings. The zero-order valence-electron chi connectivity index (χ0n) is 14.0. The second-order valence-corrected chi connectivity index (χ2v) is 7.13. The summed E-state index contributed by atoms with van der Waals surface area (Å²) in [7, 11) is -3.48. The Kier molecular flexibility index (Phi) is 6.00. The maximum atomic E-state index is 12.4. The van der Waals surface area contributed by atoms with Crippen molar-refractivity contribution >= 4 is 27.6 Å². The molecule has 2 aromatic rings. The quantitative estimate of drug-likeness (QED) is 0.429. The van der Waals surface area contributed by atoms with Crippen LogP contribution in [0.5, 0.6) is 0 Å². The summed E-state index contributed by atoms with van der Waals surface area (Å²) >= 11 is 0. The largest absolute Gasteiger partial charge is 0.269 e. The molecule has 2 aromatic carbocycles. The monoisotopic (exact) mass is 361 g/mol. The van der Waals surface area contributed by atoms with E-state index in [1.165, 1.54) is 28.6 Å². The van der Waals surface area contributed by atoms with Gasteiger partial charge in [0.2, 0.25) is 10.0 Å². The second kappa shape index (κ2) is 8.00. The van der Waals surface area contributed by atoms with Gasteiger partial charge in [-0.25, -0.2) is 8.42 Å². The highest BCUT2D eigenvalue weighted by Gasteiger charge is 2.20. The Hall–Kier alpha value is -2.58. The standard InChI is InChI=1S/C17H19N3O4S/c1-3-19(4-2)25(23,24)17-11-7-15(8-12-17)18-13-14-5-9-16(10-6-14)20(21)22/h5-13H,3-4H2,1-2H3. The minimum absolute atomic E-state index is 0.0168. The summed E-state index contributed by atoms with van der Waals surface area (Å²) in [6, 6.07) is 12.3. The fraction of sp³-hybridized carbons (Fsp3) is 0.235. The molecular formula is C17H19N3O4S. The van der Waals surface area contributed by atoms with Crippen molar-refractivity contribution in [1.82, 2.24) is 4.31 Å². The van der Waals surface area contributed by atoms with Crippen molar-refractivity contribution in [2.75, 3.05) is 13.1 Å². The minimum Gasteiger partial charge on any atom is -0.258 e. The maximum absolute atomic E-state index is 12.4. The molecule has 0 bridgehead atoms. The lowest BCUT2D eigenvalue weighted by atomic mass is 10.2. The van der Waals surface area contributed by atoms with Crippen molar-refractivity contribution in [3.8, 4) is 0 Å². The third kappa shape index (κ3) is 4.49. The first kappa shape index (κ1) is 18.8. The SMILES string of the molecule is CCN(CC)S(=O)(=O)c1ccc(N=Cc2ccc([N+](=O)[O-])cc2)cc1. The molecule has 0 atom stereocenters. The molecular weight excluding hydrogens is 342 g/mol. The van der Waals surface area contributed by atoms with Gasteiger partial charge in [0.1, 0.15) is 0 Å². The van der Waals surface area contributed by atoms with Gasteiger partial charge in [0.25, 0.3) is 5.69 Å². The van der Waals surface area contributed by atoms with Crippen LogP contribution in [0.3, 0.4) is 0 Å². The number of rotatable bonds is 7. The molecule has 7 nitrogen and oxygen atoms in total. The Morgan fingerprint density at radius 1 is 1.04 bits per heavy atom. The molecule has 0 fully saturated rings. The van der Waals surface area contributed by atoms with E-state index in [9.17, 15) is 18.5 Å². The highest BCUT2D eigenvalue weighted by Crippen LogP contribution is 2.20. The van der Waals surface area contributed by atoms with E-state index in [1.807, 2.05) is 0 Å². The van der Waals surface area contributed by atoms with E-state index in [0.29, 0.717) is 24.3 Å². The first-order valence-corrected chi connectivity index (χ1v) is 9.21. The molecule has 0 aliphatic carbocycles. The van der Waals surface area contributed by atoms with Crippen molar-refractivity contribution in [2.24, 2.45) is 4.99 Å². The van der Waals surface area contributed by atoms with E-state index < -0.39 is 14.9 Å². The van der Waals surface area contributed by atoms with Crippen LogP contribution >= 0.6 is 0 Å². The molecule has 25 heavy (non-hydrogen) atoms. The first-order valence-electron chi connectivity index (χ1n) is 7.77. The van der Waals surface area contributed by atoms with Crippen LogP contribution in [0.1, 0.15) is 19.4 Å². The van der Waals surface area contributed by atoms with Crippen molar-refractivity contribution in [3.05, 3.63) is 64.2 Å². The number of benzene rings is 2. The van der Waals surface area contributed by atoms with Crippen molar-refractivity contribution in [1.29, 1.82) is 0 Å². The van der Waals surface area contributed by atoms with Gasteiger partial charge in [0.05, 0.1) is 15.5 Å². The average Bonchev–Trinajstić information content (AvgIpc) is 2.61. The predicted molar refractivity (Wildman–Crippen MR) is 96.9 cm³/mol. The van der Waals surface area contributed by atoms with Crippen LogP contribution in [0, 0.1) is 10.1 Å². The Bertz CT molecular complexity index is 856. The molecule has 0 amide bonds. The summed E-state index contributed by atoms with van der Waals surface area (Å²) in [6.45, 7) is 4.42. The van der Waals surface area contributed by atoms with E-state index in [4.69, 9.17) is 0 Å². The fourth-order valence-corrected chi connectivity index (χ4v) is 3.71. The summed E-state index contributed by atoms with van der Waals surface area (Å²) in [5.74, 6) is 0. The summed E-state index contributed by atoms with van der Waals surface area (Å²) in [6.07, 6.45) is 1.57. The fourth-order valence-electron chi connectivity index (χ4n) is 2.25. The number of hydrogen-bond donors (Lipinski definition) is 0. The molecule has 0 heterocycles. The topological polar surface area (TPSA) is 92.9 Å². The van der Waals surface area contributed by atoms with Crippen LogP contribution in [-0.2, 0) is 10.0 Å². The lowest BCUT2D eigenvalue weighted by molar-refractivity contribution is -0.384. The molecule has 8 heteroatoms. The number of nitro benzene ring substituents is 1. The van der Waals surface area contributed by atoms with E-state index in [2.05, 4.69) is 4.99 Å². The number of non-ortho nitro benzene ring substituents is 1. The van der Waals surface area contributed by atoms with Crippen LogP contribution in [-0.4, -0.2) is 37.0 Å². The number of aliphatic imine (C=N–C) groups is 1. The smallest absolute Gasteiger partial charge is 0.258 e. The lowest BCUT2D eigenvalue weighted by Gasteiger charge is -2.18. The highest BCUT2D eigenvalue weighted by molar-refractivity contribution is 7.89. The molecule has 0 saturated carbocycles. The molecule has 2 rings (SSSR count). The predicted octanol–water partition coefficient (Wildman–Crippen LogP) is 3.38. The van der Waals surface area contributed by atoms with Gasteiger partial charge in [0, 0.05) is 31.4 Å². The Balaban J connectivity index is 2.16. The highest BCUT2D eigenvalue weighted by atomic mass is 32.2. The summed E-state index contributed by atoms with van der Waals surface area (Å²) < 4.78 is 26.2. The lowest BCUT2D eigenvalue weighted by Crippen LogP contribution is -2.30. The third-order valence-corrected chi connectivity index (χ3v) is 5.71. The average molecular weight is 361 g/mol. The van der Waals surface area contributed by atoms with Crippen molar-refractivity contribution in [3.63, 3.8) is 0 Å². The van der Waals surface area contributed by atoms with E-state index in [1.54, 1.807) is 44.3 Å². The molecule has 0 saturated heterocycles. The number of nitro groups is 1. The number of sulfonamides is 1. The van der Waals surface area contributed by atoms with Gasteiger partial charge in [-0.2, -0.15) is 4.31 Å². The number of hydrogen-bond acceptors (Lipinski definition) is 5. The van der Waals surface area contributed by atoms with Gasteiger partial charge in [0.15, 0.2) is 0 Å². The zero-order valence-corrected chi connectivity index (χ0v) is 14.8. The summed E-state index contributed by atoms with van der Waals surface area (Å²) in [5, 5.41) is 10.6. The van der Waals surface area contributed by atoms with Crippen LogP contribution in [0.15, 0.2) is 58.4 Å². The molecule has 0 N–H and O–H groups in total. The van der Waals surface area contributed by atoms with E-state index >= 15 is 0 Å². The molecule has 0 spiro atoms. The Morgan fingerprint density at radius 3 is 2.08 bits per heavy atom. The maximum Gasteiger partial charge on any atom is 0.269 e. The van der Waals surface area contributed by atoms with Gasteiger partial charge in [-0.1, -0.05) is 13.8 Å². The summed E-state index contributed by atoms with van der Waals surface area (Å²) in [5.41, 5.74) is 1.32. The van der Waals surface area contributed by atoms with Gasteiger partial charge in [-0.05, 0) is 42.0 Å². The van der Waals surface area contributed by atoms with Crippen LogP contribution in [0.25, 0.3) is 0 Å². The van der Waals surface area contributed by atoms with Crippen molar-refractivity contribution in [2.45, 2.75) is 18.7 Å². The summed E-state index contributed by atoms with van der Waals surface area (Å²) in [4.78, 5) is 14.6.